The number of halogens is 2. The van der Waals surface area contributed by atoms with Gasteiger partial charge in [0.1, 0.15) is 0 Å². The Balaban J connectivity index is 1.75. The normalized spacial score (nSPS) is 15.8. The fourth-order valence-electron chi connectivity index (χ4n) is 3.01. The van der Waals surface area contributed by atoms with Gasteiger partial charge in [0.2, 0.25) is 19.9 Å². The lowest BCUT2D eigenvalue weighted by Crippen LogP contribution is -2.27. The number of hydrogen-bond acceptors (Lipinski definition) is 5. The van der Waals surface area contributed by atoms with E-state index in [1.165, 1.54) is 28.6 Å². The molecule has 1 aliphatic heterocycles. The van der Waals surface area contributed by atoms with Crippen molar-refractivity contribution in [1.29, 1.82) is 0 Å². The lowest BCUT2D eigenvalue weighted by Gasteiger charge is -2.16. The maximum Gasteiger partial charge on any atom is 0.341 e. The van der Waals surface area contributed by atoms with Gasteiger partial charge in [-0.15, -0.1) is 0 Å². The fourth-order valence-corrected chi connectivity index (χ4v) is 5.43. The van der Waals surface area contributed by atoms with Crippen LogP contribution in [0, 0.1) is 0 Å². The molecule has 0 unspecified atom stereocenters. The molecule has 6 nitrogen and oxygen atoms in total. The summed E-state index contributed by atoms with van der Waals surface area (Å²) in [5.41, 5.74) is 0.751. The average molecular weight is 430 g/mol. The molecule has 10 heteroatoms. The van der Waals surface area contributed by atoms with Crippen LogP contribution in [-0.4, -0.2) is 40.0 Å². The van der Waals surface area contributed by atoms with Gasteiger partial charge in [0, 0.05) is 19.6 Å². The van der Waals surface area contributed by atoms with E-state index in [2.05, 4.69) is 5.32 Å². The zero-order valence-corrected chi connectivity index (χ0v) is 16.5. The van der Waals surface area contributed by atoms with E-state index in [4.69, 9.17) is 0 Å². The number of nitrogens with zero attached hydrogens (tertiary/aromatic N) is 1. The Morgan fingerprint density at radius 2 is 1.54 bits per heavy atom. The van der Waals surface area contributed by atoms with Crippen LogP contribution < -0.4 is 5.32 Å². The third-order valence-corrected chi connectivity index (χ3v) is 7.89. The molecule has 2 aromatic rings. The molecule has 0 amide bonds. The van der Waals surface area contributed by atoms with Crippen LogP contribution in [0.4, 0.5) is 14.5 Å². The highest BCUT2D eigenvalue weighted by atomic mass is 32.2. The molecule has 28 heavy (non-hydrogen) atoms. The molecular formula is C18H20F2N2O4S2. The highest BCUT2D eigenvalue weighted by Crippen LogP contribution is 2.27. The van der Waals surface area contributed by atoms with E-state index in [9.17, 15) is 25.6 Å². The van der Waals surface area contributed by atoms with Crippen LogP contribution in [0.3, 0.4) is 0 Å². The van der Waals surface area contributed by atoms with E-state index in [1.807, 2.05) is 0 Å². The first kappa shape index (κ1) is 20.7. The molecule has 0 atom stereocenters. The van der Waals surface area contributed by atoms with Crippen molar-refractivity contribution in [3.8, 4) is 0 Å². The highest BCUT2D eigenvalue weighted by molar-refractivity contribution is 7.91. The maximum atomic E-state index is 12.8. The quantitative estimate of drug-likeness (QED) is 0.730. The molecular weight excluding hydrogens is 410 g/mol. The fraction of sp³-hybridized carbons (Fsp3) is 0.333. The van der Waals surface area contributed by atoms with Crippen LogP contribution in [0.1, 0.15) is 18.4 Å². The van der Waals surface area contributed by atoms with Crippen molar-refractivity contribution >= 4 is 25.5 Å². The molecule has 0 radical (unpaired) electrons. The monoisotopic (exact) mass is 430 g/mol. The van der Waals surface area contributed by atoms with Gasteiger partial charge in [-0.2, -0.15) is 13.1 Å². The van der Waals surface area contributed by atoms with Gasteiger partial charge in [-0.05, 0) is 42.7 Å². The van der Waals surface area contributed by atoms with Gasteiger partial charge in [-0.3, -0.25) is 0 Å². The van der Waals surface area contributed by atoms with Crippen LogP contribution in [0.5, 0.6) is 0 Å². The van der Waals surface area contributed by atoms with Crippen molar-refractivity contribution in [3.63, 3.8) is 0 Å². The van der Waals surface area contributed by atoms with Crippen molar-refractivity contribution in [2.45, 2.75) is 34.9 Å². The molecule has 1 heterocycles. The number of alkyl halides is 2. The van der Waals surface area contributed by atoms with Crippen LogP contribution in [0.2, 0.25) is 0 Å². The summed E-state index contributed by atoms with van der Waals surface area (Å²) in [6, 6.07) is 11.6. The second-order valence-corrected chi connectivity index (χ2v) is 10.2. The predicted molar refractivity (Wildman–Crippen MR) is 101 cm³/mol. The number of hydrogen-bond donors (Lipinski definition) is 1. The molecule has 0 aromatic heterocycles. The number of anilines is 1. The highest BCUT2D eigenvalue weighted by Gasteiger charge is 2.29. The molecule has 1 saturated heterocycles. The lowest BCUT2D eigenvalue weighted by atomic mass is 10.2. The lowest BCUT2D eigenvalue weighted by molar-refractivity contribution is 0.235. The summed E-state index contributed by atoms with van der Waals surface area (Å²) in [4.78, 5) is -0.281. The van der Waals surface area contributed by atoms with Crippen LogP contribution in [-0.2, 0) is 26.4 Å². The summed E-state index contributed by atoms with van der Waals surface area (Å²) >= 11 is 0. The van der Waals surface area contributed by atoms with Gasteiger partial charge < -0.3 is 5.32 Å². The zero-order chi connectivity index (χ0) is 20.4. The first-order valence-corrected chi connectivity index (χ1v) is 11.7. The van der Waals surface area contributed by atoms with Crippen molar-refractivity contribution in [2.24, 2.45) is 0 Å². The summed E-state index contributed by atoms with van der Waals surface area (Å²) in [6.07, 6.45) is 1.70. The molecule has 0 aliphatic carbocycles. The standard InChI is InChI=1S/C18H20F2N2O4S2/c19-18(20)27(23,24)17-6-2-1-5-16(17)21-13-14-7-9-15(10-8-14)28(25,26)22-11-3-4-12-22/h1-2,5-10,18,21H,3-4,11-13H2. The maximum absolute atomic E-state index is 12.8. The number of para-hydroxylation sites is 1. The molecule has 2 aromatic carbocycles. The van der Waals surface area contributed by atoms with E-state index in [1.54, 1.807) is 18.2 Å². The number of nitrogens with one attached hydrogen (secondary N) is 1. The SMILES string of the molecule is O=S(=O)(c1ccccc1NCc1ccc(S(=O)(=O)N2CCCC2)cc1)C(F)F. The zero-order valence-electron chi connectivity index (χ0n) is 14.9. The van der Waals surface area contributed by atoms with Crippen LogP contribution in [0.25, 0.3) is 0 Å². The molecule has 0 saturated carbocycles. The Morgan fingerprint density at radius 1 is 0.929 bits per heavy atom. The van der Waals surface area contributed by atoms with Crippen molar-refractivity contribution in [2.75, 3.05) is 18.4 Å². The predicted octanol–water partition coefficient (Wildman–Crippen LogP) is 3.08. The van der Waals surface area contributed by atoms with Gasteiger partial charge >= 0.3 is 5.76 Å². The molecule has 1 aliphatic rings. The van der Waals surface area contributed by atoms with E-state index in [-0.39, 0.29) is 17.1 Å². The van der Waals surface area contributed by atoms with Gasteiger partial charge in [-0.1, -0.05) is 24.3 Å². The third kappa shape index (κ3) is 4.18. The molecule has 152 valence electrons. The Labute approximate surface area is 163 Å². The third-order valence-electron chi connectivity index (χ3n) is 4.54. The minimum absolute atomic E-state index is 0.0663. The number of sulfone groups is 1. The average Bonchev–Trinajstić information content (AvgIpc) is 3.22. The Hall–Kier alpha value is -2.04. The molecule has 1 fully saturated rings. The van der Waals surface area contributed by atoms with Gasteiger partial charge in [0.05, 0.1) is 15.5 Å². The molecule has 1 N–H and O–H groups in total. The minimum atomic E-state index is -4.73. The molecule has 3 rings (SSSR count). The number of benzene rings is 2. The topological polar surface area (TPSA) is 83.5 Å². The van der Waals surface area contributed by atoms with E-state index < -0.39 is 30.5 Å². The van der Waals surface area contributed by atoms with Crippen molar-refractivity contribution < 1.29 is 25.6 Å². The number of rotatable bonds is 7. The van der Waals surface area contributed by atoms with Gasteiger partial charge in [0.15, 0.2) is 0 Å². The van der Waals surface area contributed by atoms with Gasteiger partial charge in [-0.25, -0.2) is 16.8 Å². The second-order valence-electron chi connectivity index (χ2n) is 6.41. The van der Waals surface area contributed by atoms with Crippen LogP contribution >= 0.6 is 0 Å². The first-order chi connectivity index (χ1) is 13.2. The van der Waals surface area contributed by atoms with E-state index in [0.717, 1.165) is 18.9 Å². The van der Waals surface area contributed by atoms with Gasteiger partial charge in [0.25, 0.3) is 0 Å². The first-order valence-electron chi connectivity index (χ1n) is 8.67. The van der Waals surface area contributed by atoms with Crippen molar-refractivity contribution in [1.82, 2.24) is 4.31 Å². The number of sulfonamides is 1. The van der Waals surface area contributed by atoms with E-state index >= 15 is 0 Å². The molecule has 0 bridgehead atoms. The Morgan fingerprint density at radius 3 is 2.14 bits per heavy atom. The Bertz CT molecular complexity index is 1030. The largest absolute Gasteiger partial charge is 0.380 e. The summed E-state index contributed by atoms with van der Waals surface area (Å²) in [7, 11) is -8.24. The Kier molecular flexibility index (Phi) is 6.01. The second kappa shape index (κ2) is 8.14. The minimum Gasteiger partial charge on any atom is -0.380 e. The molecule has 0 spiro atoms. The summed E-state index contributed by atoms with van der Waals surface area (Å²) < 4.78 is 75.7. The summed E-state index contributed by atoms with van der Waals surface area (Å²) in [6.45, 7) is 1.18. The van der Waals surface area contributed by atoms with Crippen molar-refractivity contribution in [3.05, 3.63) is 54.1 Å². The van der Waals surface area contributed by atoms with E-state index in [0.29, 0.717) is 18.7 Å². The summed E-state index contributed by atoms with van der Waals surface area (Å²) in [5, 5.41) is 2.83. The summed E-state index contributed by atoms with van der Waals surface area (Å²) in [5.74, 6) is -3.51. The van der Waals surface area contributed by atoms with Crippen LogP contribution in [0.15, 0.2) is 58.3 Å². The smallest absolute Gasteiger partial charge is 0.341 e.